The molecule has 90 valence electrons. The first-order valence-electron chi connectivity index (χ1n) is 5.22. The van der Waals surface area contributed by atoms with Crippen molar-refractivity contribution in [3.05, 3.63) is 34.3 Å². The van der Waals surface area contributed by atoms with Crippen LogP contribution in [-0.2, 0) is 20.8 Å². The van der Waals surface area contributed by atoms with Gasteiger partial charge < -0.3 is 14.2 Å². The van der Waals surface area contributed by atoms with Gasteiger partial charge in [0.1, 0.15) is 0 Å². The molecule has 0 aliphatic rings. The van der Waals surface area contributed by atoms with Crippen LogP contribution < -0.4 is 0 Å². The van der Waals surface area contributed by atoms with Crippen molar-refractivity contribution in [1.29, 1.82) is 0 Å². The number of halogens is 1. The first kappa shape index (κ1) is 13.6. The van der Waals surface area contributed by atoms with Gasteiger partial charge in [-0.05, 0) is 11.6 Å². The van der Waals surface area contributed by atoms with Crippen molar-refractivity contribution in [2.24, 2.45) is 0 Å². The first-order chi connectivity index (χ1) is 7.84. The molecule has 0 unspecified atom stereocenters. The second-order valence-corrected chi connectivity index (χ2v) is 4.10. The SMILES string of the molecule is COCCOCCOCc1ccccc1Br. The van der Waals surface area contributed by atoms with E-state index >= 15 is 0 Å². The summed E-state index contributed by atoms with van der Waals surface area (Å²) in [7, 11) is 1.66. The fourth-order valence-electron chi connectivity index (χ4n) is 1.16. The van der Waals surface area contributed by atoms with E-state index in [9.17, 15) is 0 Å². The minimum Gasteiger partial charge on any atom is -0.382 e. The van der Waals surface area contributed by atoms with Crippen LogP contribution in [0, 0.1) is 0 Å². The van der Waals surface area contributed by atoms with Gasteiger partial charge in [0.2, 0.25) is 0 Å². The zero-order valence-corrected chi connectivity index (χ0v) is 11.0. The molecule has 0 aromatic heterocycles. The maximum absolute atomic E-state index is 5.48. The lowest BCUT2D eigenvalue weighted by Crippen LogP contribution is -2.08. The predicted molar refractivity (Wildman–Crippen MR) is 66.5 cm³/mol. The van der Waals surface area contributed by atoms with Gasteiger partial charge in [0, 0.05) is 11.6 Å². The van der Waals surface area contributed by atoms with E-state index in [2.05, 4.69) is 15.9 Å². The quantitative estimate of drug-likeness (QED) is 0.689. The van der Waals surface area contributed by atoms with Crippen molar-refractivity contribution < 1.29 is 14.2 Å². The molecule has 0 heterocycles. The molecule has 0 aliphatic heterocycles. The summed E-state index contributed by atoms with van der Waals surface area (Å²) in [5, 5.41) is 0. The van der Waals surface area contributed by atoms with E-state index in [-0.39, 0.29) is 0 Å². The zero-order valence-electron chi connectivity index (χ0n) is 9.45. The third-order valence-electron chi connectivity index (χ3n) is 2.02. The number of methoxy groups -OCH3 is 1. The lowest BCUT2D eigenvalue weighted by Gasteiger charge is -2.06. The fourth-order valence-corrected chi connectivity index (χ4v) is 1.56. The summed E-state index contributed by atoms with van der Waals surface area (Å²) in [5.41, 5.74) is 1.15. The highest BCUT2D eigenvalue weighted by Crippen LogP contribution is 2.16. The molecule has 0 saturated carbocycles. The molecule has 0 saturated heterocycles. The normalized spacial score (nSPS) is 10.6. The number of hydrogen-bond acceptors (Lipinski definition) is 3. The summed E-state index contributed by atoms with van der Waals surface area (Å²) in [4.78, 5) is 0. The maximum atomic E-state index is 5.48. The van der Waals surface area contributed by atoms with Gasteiger partial charge in [0.05, 0.1) is 33.0 Å². The summed E-state index contributed by atoms with van der Waals surface area (Å²) in [5.74, 6) is 0. The molecule has 0 radical (unpaired) electrons. The molecule has 1 rings (SSSR count). The van der Waals surface area contributed by atoms with Crippen molar-refractivity contribution in [2.45, 2.75) is 6.61 Å². The molecular weight excluding hydrogens is 272 g/mol. The first-order valence-corrected chi connectivity index (χ1v) is 6.01. The molecular formula is C12H17BrO3. The Hall–Kier alpha value is -0.420. The summed E-state index contributed by atoms with van der Waals surface area (Å²) in [6.45, 7) is 3.06. The smallest absolute Gasteiger partial charge is 0.0728 e. The van der Waals surface area contributed by atoms with Crippen LogP contribution in [0.4, 0.5) is 0 Å². The van der Waals surface area contributed by atoms with Crippen molar-refractivity contribution in [2.75, 3.05) is 33.5 Å². The fraction of sp³-hybridized carbons (Fsp3) is 0.500. The van der Waals surface area contributed by atoms with Crippen LogP contribution >= 0.6 is 15.9 Å². The van der Waals surface area contributed by atoms with E-state index in [0.29, 0.717) is 33.0 Å². The molecule has 3 nitrogen and oxygen atoms in total. The van der Waals surface area contributed by atoms with E-state index in [1.807, 2.05) is 24.3 Å². The zero-order chi connectivity index (χ0) is 11.6. The molecule has 0 N–H and O–H groups in total. The van der Waals surface area contributed by atoms with E-state index in [1.165, 1.54) is 0 Å². The Morgan fingerprint density at radius 1 is 1.00 bits per heavy atom. The second-order valence-electron chi connectivity index (χ2n) is 3.25. The molecule has 0 atom stereocenters. The highest BCUT2D eigenvalue weighted by atomic mass is 79.9. The lowest BCUT2D eigenvalue weighted by molar-refractivity contribution is 0.0198. The highest BCUT2D eigenvalue weighted by molar-refractivity contribution is 9.10. The van der Waals surface area contributed by atoms with Crippen LogP contribution in [0.5, 0.6) is 0 Å². The Labute approximate surface area is 105 Å². The van der Waals surface area contributed by atoms with Crippen LogP contribution in [0.15, 0.2) is 28.7 Å². The third-order valence-corrected chi connectivity index (χ3v) is 2.79. The third kappa shape index (κ3) is 5.61. The van der Waals surface area contributed by atoms with Gasteiger partial charge in [-0.2, -0.15) is 0 Å². The monoisotopic (exact) mass is 288 g/mol. The van der Waals surface area contributed by atoms with Crippen LogP contribution in [-0.4, -0.2) is 33.5 Å². The Morgan fingerprint density at radius 2 is 1.69 bits per heavy atom. The van der Waals surface area contributed by atoms with Gasteiger partial charge in [-0.1, -0.05) is 34.1 Å². The van der Waals surface area contributed by atoms with Crippen LogP contribution in [0.25, 0.3) is 0 Å². The van der Waals surface area contributed by atoms with Crippen molar-refractivity contribution in [1.82, 2.24) is 0 Å². The van der Waals surface area contributed by atoms with E-state index in [1.54, 1.807) is 7.11 Å². The number of rotatable bonds is 8. The molecule has 1 aromatic rings. The van der Waals surface area contributed by atoms with E-state index < -0.39 is 0 Å². The van der Waals surface area contributed by atoms with Gasteiger partial charge in [0.25, 0.3) is 0 Å². The van der Waals surface area contributed by atoms with Crippen molar-refractivity contribution in [3.63, 3.8) is 0 Å². The maximum Gasteiger partial charge on any atom is 0.0728 e. The average Bonchev–Trinajstić information content (AvgIpc) is 2.30. The minimum absolute atomic E-state index is 0.602. The lowest BCUT2D eigenvalue weighted by atomic mass is 10.2. The summed E-state index contributed by atoms with van der Waals surface area (Å²) in [6, 6.07) is 8.03. The Balaban J connectivity index is 2.05. The molecule has 4 heteroatoms. The minimum atomic E-state index is 0.602. The Bertz CT molecular complexity index is 291. The Kier molecular flexibility index (Phi) is 7.42. The molecule has 16 heavy (non-hydrogen) atoms. The highest BCUT2D eigenvalue weighted by Gasteiger charge is 1.97. The van der Waals surface area contributed by atoms with Crippen LogP contribution in [0.2, 0.25) is 0 Å². The molecule has 1 aromatic carbocycles. The van der Waals surface area contributed by atoms with Gasteiger partial charge in [0.15, 0.2) is 0 Å². The standard InChI is InChI=1S/C12H17BrO3/c1-14-6-7-15-8-9-16-10-11-4-2-3-5-12(11)13/h2-5H,6-10H2,1H3. The molecule has 0 aliphatic carbocycles. The summed E-state index contributed by atoms with van der Waals surface area (Å²) in [6.07, 6.45) is 0. The average molecular weight is 289 g/mol. The molecule has 0 bridgehead atoms. The summed E-state index contributed by atoms with van der Waals surface area (Å²) >= 11 is 3.47. The largest absolute Gasteiger partial charge is 0.382 e. The number of hydrogen-bond donors (Lipinski definition) is 0. The van der Waals surface area contributed by atoms with Crippen LogP contribution in [0.3, 0.4) is 0 Å². The number of benzene rings is 1. The van der Waals surface area contributed by atoms with E-state index in [0.717, 1.165) is 10.0 Å². The van der Waals surface area contributed by atoms with Crippen LogP contribution in [0.1, 0.15) is 5.56 Å². The molecule has 0 fully saturated rings. The van der Waals surface area contributed by atoms with Gasteiger partial charge in [-0.15, -0.1) is 0 Å². The van der Waals surface area contributed by atoms with Crippen molar-refractivity contribution in [3.8, 4) is 0 Å². The Morgan fingerprint density at radius 3 is 2.44 bits per heavy atom. The predicted octanol–water partition coefficient (Wildman–Crippen LogP) is 2.63. The molecule has 0 amide bonds. The van der Waals surface area contributed by atoms with Gasteiger partial charge >= 0.3 is 0 Å². The molecule has 0 spiro atoms. The topological polar surface area (TPSA) is 27.7 Å². The number of ether oxygens (including phenoxy) is 3. The van der Waals surface area contributed by atoms with Crippen molar-refractivity contribution >= 4 is 15.9 Å². The van der Waals surface area contributed by atoms with Gasteiger partial charge in [-0.25, -0.2) is 0 Å². The second kappa shape index (κ2) is 8.70. The van der Waals surface area contributed by atoms with E-state index in [4.69, 9.17) is 14.2 Å². The summed E-state index contributed by atoms with van der Waals surface area (Å²) < 4.78 is 16.7. The van der Waals surface area contributed by atoms with Gasteiger partial charge in [-0.3, -0.25) is 0 Å².